The summed E-state index contributed by atoms with van der Waals surface area (Å²) in [6.45, 7) is 8.52. The van der Waals surface area contributed by atoms with Crippen molar-refractivity contribution in [2.24, 2.45) is 0 Å². The first-order chi connectivity index (χ1) is 27.0. The summed E-state index contributed by atoms with van der Waals surface area (Å²) in [7, 11) is 0. The number of para-hydroxylation sites is 4. The Labute approximate surface area is 325 Å². The van der Waals surface area contributed by atoms with Crippen molar-refractivity contribution >= 4 is 21.8 Å². The van der Waals surface area contributed by atoms with Crippen molar-refractivity contribution < 1.29 is 18.9 Å². The SMILES string of the molecule is CCc1cc2ccc(C(C)(C#N)CC3COc4ccccc4O3)cc2[nH]c1=O.CCc1cc2ccc(C(C)(C#N)CC3COc4ccccc4O3)cc2[nH]c1=O. The van der Waals surface area contributed by atoms with Crippen LogP contribution in [-0.2, 0) is 23.7 Å². The fraction of sp³-hybridized carbons (Fsp3) is 0.304. The molecule has 4 atom stereocenters. The molecule has 10 nitrogen and oxygen atoms in total. The largest absolute Gasteiger partial charge is 0.486 e. The molecule has 0 radical (unpaired) electrons. The van der Waals surface area contributed by atoms with Crippen LogP contribution >= 0.6 is 0 Å². The minimum Gasteiger partial charge on any atom is -0.486 e. The number of rotatable bonds is 8. The van der Waals surface area contributed by atoms with E-state index in [-0.39, 0.29) is 23.3 Å². The van der Waals surface area contributed by atoms with Gasteiger partial charge < -0.3 is 28.9 Å². The Morgan fingerprint density at radius 3 is 1.38 bits per heavy atom. The maximum absolute atomic E-state index is 12.2. The van der Waals surface area contributed by atoms with Gasteiger partial charge in [-0.3, -0.25) is 9.59 Å². The number of aromatic nitrogens is 2. The van der Waals surface area contributed by atoms with Gasteiger partial charge in [0.05, 0.1) is 23.0 Å². The number of benzene rings is 4. The summed E-state index contributed by atoms with van der Waals surface area (Å²) < 4.78 is 23.7. The van der Waals surface area contributed by atoms with Gasteiger partial charge in [-0.05, 0) is 97.1 Å². The molecule has 0 amide bonds. The lowest BCUT2D eigenvalue weighted by Crippen LogP contribution is -2.36. The molecular formula is C46H44N4O6. The molecule has 6 aromatic rings. The zero-order valence-corrected chi connectivity index (χ0v) is 32.0. The highest BCUT2D eigenvalue weighted by atomic mass is 16.6. The second-order valence-electron chi connectivity index (χ2n) is 14.8. The van der Waals surface area contributed by atoms with Gasteiger partial charge in [-0.25, -0.2) is 0 Å². The Kier molecular flexibility index (Phi) is 10.6. The van der Waals surface area contributed by atoms with E-state index in [1.165, 1.54) is 0 Å². The molecule has 2 aromatic heterocycles. The van der Waals surface area contributed by atoms with Crippen molar-refractivity contribution in [3.05, 3.63) is 140 Å². The molecule has 4 heterocycles. The number of hydrogen-bond donors (Lipinski definition) is 2. The molecule has 0 aliphatic carbocycles. The molecular weight excluding hydrogens is 705 g/mol. The number of nitrogens with zero attached hydrogens (tertiary/aromatic N) is 2. The fourth-order valence-corrected chi connectivity index (χ4v) is 7.40. The monoisotopic (exact) mass is 748 g/mol. The van der Waals surface area contributed by atoms with E-state index in [9.17, 15) is 20.1 Å². The summed E-state index contributed by atoms with van der Waals surface area (Å²) in [5, 5.41) is 21.8. The summed E-state index contributed by atoms with van der Waals surface area (Å²) in [5.74, 6) is 2.86. The molecule has 0 saturated carbocycles. The van der Waals surface area contributed by atoms with Gasteiger partial charge in [-0.2, -0.15) is 10.5 Å². The lowest BCUT2D eigenvalue weighted by molar-refractivity contribution is 0.0744. The van der Waals surface area contributed by atoms with Crippen molar-refractivity contribution in [3.8, 4) is 35.1 Å². The average Bonchev–Trinajstić information content (AvgIpc) is 3.22. The Bertz CT molecular complexity index is 2440. The van der Waals surface area contributed by atoms with Crippen LogP contribution < -0.4 is 30.1 Å². The zero-order chi connectivity index (χ0) is 39.5. The van der Waals surface area contributed by atoms with Crippen molar-refractivity contribution in [2.45, 2.75) is 76.4 Å². The second kappa shape index (κ2) is 15.7. The number of ether oxygens (including phenoxy) is 4. The lowest BCUT2D eigenvalue weighted by Gasteiger charge is -2.31. The number of aromatic amines is 2. The van der Waals surface area contributed by atoms with Crippen LogP contribution in [0.15, 0.2) is 107 Å². The van der Waals surface area contributed by atoms with Gasteiger partial charge in [0.15, 0.2) is 23.0 Å². The minimum atomic E-state index is -0.769. The van der Waals surface area contributed by atoms with E-state index < -0.39 is 10.8 Å². The first kappa shape index (κ1) is 37.8. The second-order valence-corrected chi connectivity index (χ2v) is 14.8. The van der Waals surface area contributed by atoms with Crippen molar-refractivity contribution in [1.29, 1.82) is 10.5 Å². The smallest absolute Gasteiger partial charge is 0.251 e. The van der Waals surface area contributed by atoms with Crippen LogP contribution in [0.1, 0.15) is 62.8 Å². The number of aryl methyl sites for hydroxylation is 2. The van der Waals surface area contributed by atoms with E-state index in [2.05, 4.69) is 22.1 Å². The number of H-pyrrole nitrogens is 2. The van der Waals surface area contributed by atoms with Crippen molar-refractivity contribution in [2.75, 3.05) is 13.2 Å². The molecule has 8 rings (SSSR count). The summed E-state index contributed by atoms with van der Waals surface area (Å²) in [5.41, 5.74) is 3.01. The minimum absolute atomic E-state index is 0.0774. The summed E-state index contributed by atoms with van der Waals surface area (Å²) >= 11 is 0. The highest BCUT2D eigenvalue weighted by molar-refractivity contribution is 5.81. The third kappa shape index (κ3) is 7.69. The molecule has 2 aliphatic heterocycles. The predicted octanol–water partition coefficient (Wildman–Crippen LogP) is 8.20. The number of nitriles is 2. The summed E-state index contributed by atoms with van der Waals surface area (Å²) in [6.07, 6.45) is 1.89. The fourth-order valence-electron chi connectivity index (χ4n) is 7.40. The van der Waals surface area contributed by atoms with Crippen LogP contribution in [0.3, 0.4) is 0 Å². The van der Waals surface area contributed by atoms with E-state index in [0.717, 1.165) is 55.6 Å². The molecule has 4 unspecified atom stereocenters. The molecule has 56 heavy (non-hydrogen) atoms. The summed E-state index contributed by atoms with van der Waals surface area (Å²) in [4.78, 5) is 30.2. The lowest BCUT2D eigenvalue weighted by atomic mass is 9.78. The van der Waals surface area contributed by atoms with Crippen molar-refractivity contribution in [3.63, 3.8) is 0 Å². The molecule has 4 aromatic carbocycles. The van der Waals surface area contributed by atoms with Crippen LogP contribution in [0, 0.1) is 22.7 Å². The van der Waals surface area contributed by atoms with Gasteiger partial charge in [0.1, 0.15) is 25.4 Å². The maximum atomic E-state index is 12.2. The number of pyridine rings is 2. The average molecular weight is 749 g/mol. The Morgan fingerprint density at radius 2 is 1.00 bits per heavy atom. The Hall–Kier alpha value is -6.52. The van der Waals surface area contributed by atoms with Gasteiger partial charge in [0.25, 0.3) is 11.1 Å². The number of hydrogen-bond acceptors (Lipinski definition) is 8. The normalized spacial score (nSPS) is 17.7. The van der Waals surface area contributed by atoms with E-state index in [1.54, 1.807) is 0 Å². The molecule has 284 valence electrons. The molecule has 10 heteroatoms. The number of fused-ring (bicyclic) bond motifs is 4. The molecule has 2 aliphatic rings. The van der Waals surface area contributed by atoms with Gasteiger partial charge >= 0.3 is 0 Å². The first-order valence-electron chi connectivity index (χ1n) is 19.0. The van der Waals surface area contributed by atoms with Gasteiger partial charge in [0.2, 0.25) is 0 Å². The van der Waals surface area contributed by atoms with Gasteiger partial charge in [-0.15, -0.1) is 0 Å². The standard InChI is InChI=1S/2C23H22N2O3/c2*1-3-15-10-16-8-9-17(11-19(16)25-22(15)26)23(2,14-24)12-18-13-27-20-6-4-5-7-21(20)28-18/h2*4-11,18H,3,12-13H2,1-2H3,(H,25,26). The molecule has 0 bridgehead atoms. The predicted molar refractivity (Wildman–Crippen MR) is 216 cm³/mol. The third-order valence-electron chi connectivity index (χ3n) is 10.8. The number of nitrogens with one attached hydrogen (secondary N) is 2. The van der Waals surface area contributed by atoms with Gasteiger partial charge in [0, 0.05) is 35.0 Å². The van der Waals surface area contributed by atoms with Crippen molar-refractivity contribution in [1.82, 2.24) is 9.97 Å². The van der Waals surface area contributed by atoms with E-state index in [1.807, 2.05) is 125 Å². The molecule has 0 spiro atoms. The van der Waals surface area contributed by atoms with Crippen LogP contribution in [-0.4, -0.2) is 35.4 Å². The molecule has 2 N–H and O–H groups in total. The Balaban J connectivity index is 0.000000172. The first-order valence-corrected chi connectivity index (χ1v) is 19.0. The van der Waals surface area contributed by atoms with E-state index >= 15 is 0 Å². The van der Waals surface area contributed by atoms with Gasteiger partial charge in [-0.1, -0.05) is 62.4 Å². The summed E-state index contributed by atoms with van der Waals surface area (Å²) in [6, 6.07) is 35.5. The topological polar surface area (TPSA) is 150 Å². The quantitative estimate of drug-likeness (QED) is 0.158. The highest BCUT2D eigenvalue weighted by Crippen LogP contribution is 2.38. The molecule has 0 saturated heterocycles. The van der Waals surface area contributed by atoms with Crippen LogP contribution in [0.25, 0.3) is 21.8 Å². The molecule has 0 fully saturated rings. The zero-order valence-electron chi connectivity index (χ0n) is 32.0. The highest BCUT2D eigenvalue weighted by Gasteiger charge is 2.35. The van der Waals surface area contributed by atoms with E-state index in [4.69, 9.17) is 18.9 Å². The van der Waals surface area contributed by atoms with Crippen LogP contribution in [0.4, 0.5) is 0 Å². The Morgan fingerprint density at radius 1 is 0.607 bits per heavy atom. The third-order valence-corrected chi connectivity index (χ3v) is 10.8. The van der Waals surface area contributed by atoms with Crippen LogP contribution in [0.2, 0.25) is 0 Å². The van der Waals surface area contributed by atoms with E-state index in [0.29, 0.717) is 50.4 Å². The maximum Gasteiger partial charge on any atom is 0.251 e. The van der Waals surface area contributed by atoms with Crippen LogP contribution in [0.5, 0.6) is 23.0 Å².